The van der Waals surface area contributed by atoms with E-state index in [0.29, 0.717) is 6.42 Å². The Morgan fingerprint density at radius 3 is 3.21 bits per heavy atom. The molecular weight excluding hydrogens is 200 g/mol. The zero-order valence-corrected chi connectivity index (χ0v) is 8.17. The topological polar surface area (TPSA) is 79.1 Å². The molecule has 0 unspecified atom stereocenters. The number of thiophene rings is 1. The number of carboxylic acid groups (broad SMARTS) is 1. The standard InChI is InChI=1S/C9H10N2O2S/c10-6(9(12)13)3-5-4-11-7-1-2-14-8(5)7/h1-2,4,6,11H,3,10H2,(H,12,13)/t6-/m0/s1. The van der Waals surface area contributed by atoms with Crippen molar-refractivity contribution in [2.75, 3.05) is 0 Å². The van der Waals surface area contributed by atoms with E-state index in [0.717, 1.165) is 15.8 Å². The van der Waals surface area contributed by atoms with E-state index in [9.17, 15) is 4.79 Å². The van der Waals surface area contributed by atoms with Crippen molar-refractivity contribution in [2.45, 2.75) is 12.5 Å². The van der Waals surface area contributed by atoms with E-state index in [4.69, 9.17) is 10.8 Å². The number of hydrogen-bond acceptors (Lipinski definition) is 3. The van der Waals surface area contributed by atoms with Crippen molar-refractivity contribution in [3.8, 4) is 0 Å². The summed E-state index contributed by atoms with van der Waals surface area (Å²) >= 11 is 1.59. The third-order valence-corrected chi connectivity index (χ3v) is 3.11. The van der Waals surface area contributed by atoms with Gasteiger partial charge in [-0.1, -0.05) is 0 Å². The third-order valence-electron chi connectivity index (χ3n) is 2.12. The molecule has 0 saturated heterocycles. The molecule has 4 N–H and O–H groups in total. The Hall–Kier alpha value is -1.33. The predicted molar refractivity (Wildman–Crippen MR) is 55.5 cm³/mol. The summed E-state index contributed by atoms with van der Waals surface area (Å²) in [5, 5.41) is 10.6. The number of fused-ring (bicyclic) bond motifs is 1. The molecule has 1 atom stereocenters. The second-order valence-corrected chi connectivity index (χ2v) is 4.04. The second-order valence-electron chi connectivity index (χ2n) is 3.13. The molecule has 0 aromatic carbocycles. The van der Waals surface area contributed by atoms with Crippen molar-refractivity contribution in [1.29, 1.82) is 0 Å². The summed E-state index contributed by atoms with van der Waals surface area (Å²) in [4.78, 5) is 13.6. The average Bonchev–Trinajstić information content (AvgIpc) is 2.69. The van der Waals surface area contributed by atoms with Gasteiger partial charge < -0.3 is 15.8 Å². The molecular formula is C9H10N2O2S. The lowest BCUT2D eigenvalue weighted by Crippen LogP contribution is -2.32. The first kappa shape index (κ1) is 9.23. The molecule has 0 aliphatic rings. The fourth-order valence-corrected chi connectivity index (χ4v) is 2.27. The van der Waals surface area contributed by atoms with Crippen LogP contribution in [0, 0.1) is 0 Å². The van der Waals surface area contributed by atoms with Crippen molar-refractivity contribution < 1.29 is 9.90 Å². The van der Waals surface area contributed by atoms with Crippen LogP contribution >= 0.6 is 11.3 Å². The highest BCUT2D eigenvalue weighted by Gasteiger charge is 2.14. The first-order chi connectivity index (χ1) is 6.68. The minimum Gasteiger partial charge on any atom is -0.480 e. The number of aromatic amines is 1. The number of nitrogens with two attached hydrogens (primary N) is 1. The van der Waals surface area contributed by atoms with Gasteiger partial charge in [0, 0.05) is 12.6 Å². The molecule has 0 amide bonds. The number of H-pyrrole nitrogens is 1. The van der Waals surface area contributed by atoms with Gasteiger partial charge in [0.15, 0.2) is 0 Å². The van der Waals surface area contributed by atoms with E-state index in [1.807, 2.05) is 17.6 Å². The Bertz CT molecular complexity index is 460. The van der Waals surface area contributed by atoms with Crippen LogP contribution in [0.2, 0.25) is 0 Å². The van der Waals surface area contributed by atoms with Gasteiger partial charge in [-0.2, -0.15) is 0 Å². The van der Waals surface area contributed by atoms with Crippen molar-refractivity contribution in [3.63, 3.8) is 0 Å². The smallest absolute Gasteiger partial charge is 0.320 e. The maximum Gasteiger partial charge on any atom is 0.320 e. The Morgan fingerprint density at radius 2 is 2.50 bits per heavy atom. The zero-order valence-electron chi connectivity index (χ0n) is 7.36. The lowest BCUT2D eigenvalue weighted by molar-refractivity contribution is -0.138. The molecule has 2 rings (SSSR count). The number of carbonyl (C=O) groups is 1. The maximum atomic E-state index is 10.6. The third kappa shape index (κ3) is 1.51. The number of aromatic nitrogens is 1. The van der Waals surface area contributed by atoms with Crippen molar-refractivity contribution >= 4 is 27.5 Å². The second kappa shape index (κ2) is 3.43. The summed E-state index contributed by atoms with van der Waals surface area (Å²) in [5.74, 6) is -0.962. The maximum absolute atomic E-state index is 10.6. The number of hydrogen-bond donors (Lipinski definition) is 3. The molecule has 2 heterocycles. The van der Waals surface area contributed by atoms with E-state index >= 15 is 0 Å². The van der Waals surface area contributed by atoms with Gasteiger partial charge in [-0.3, -0.25) is 4.79 Å². The molecule has 2 aromatic rings. The normalized spacial score (nSPS) is 13.2. The van der Waals surface area contributed by atoms with Gasteiger partial charge in [0.2, 0.25) is 0 Å². The van der Waals surface area contributed by atoms with E-state index in [1.165, 1.54) is 0 Å². The zero-order chi connectivity index (χ0) is 10.1. The molecule has 0 aliphatic carbocycles. The number of carboxylic acids is 1. The molecule has 0 spiro atoms. The van der Waals surface area contributed by atoms with Crippen molar-refractivity contribution in [3.05, 3.63) is 23.2 Å². The van der Waals surface area contributed by atoms with Gasteiger partial charge in [0.25, 0.3) is 0 Å². The van der Waals surface area contributed by atoms with Crippen molar-refractivity contribution in [2.24, 2.45) is 5.73 Å². The lowest BCUT2D eigenvalue weighted by atomic mass is 10.1. The molecule has 2 aromatic heterocycles. The minimum absolute atomic E-state index is 0.371. The van der Waals surface area contributed by atoms with E-state index in [1.54, 1.807) is 11.3 Å². The summed E-state index contributed by atoms with van der Waals surface area (Å²) in [6.07, 6.45) is 2.19. The fourth-order valence-electron chi connectivity index (χ4n) is 1.38. The average molecular weight is 210 g/mol. The molecule has 0 saturated carbocycles. The minimum atomic E-state index is -0.962. The number of rotatable bonds is 3. The van der Waals surface area contributed by atoms with Crippen LogP contribution in [0.1, 0.15) is 5.56 Å². The highest BCUT2D eigenvalue weighted by atomic mass is 32.1. The van der Waals surface area contributed by atoms with Crippen molar-refractivity contribution in [1.82, 2.24) is 4.98 Å². The van der Waals surface area contributed by atoms with Crippen LogP contribution in [-0.4, -0.2) is 22.1 Å². The Labute approximate surface area is 84.4 Å². The Balaban J connectivity index is 2.27. The SMILES string of the molecule is N[C@@H](Cc1c[nH]c2ccsc12)C(=O)O. The van der Waals surface area contributed by atoms with E-state index in [-0.39, 0.29) is 0 Å². The van der Waals surface area contributed by atoms with Crippen LogP contribution in [0.3, 0.4) is 0 Å². The van der Waals surface area contributed by atoms with Crippen LogP contribution in [0.15, 0.2) is 17.6 Å². The number of nitrogens with one attached hydrogen (secondary N) is 1. The monoisotopic (exact) mass is 210 g/mol. The molecule has 74 valence electrons. The fraction of sp³-hybridized carbons (Fsp3) is 0.222. The summed E-state index contributed by atoms with van der Waals surface area (Å²) < 4.78 is 1.10. The van der Waals surface area contributed by atoms with Gasteiger partial charge in [-0.05, 0) is 17.0 Å². The van der Waals surface area contributed by atoms with Crippen LogP contribution in [0.5, 0.6) is 0 Å². The lowest BCUT2D eigenvalue weighted by Gasteiger charge is -2.03. The summed E-state index contributed by atoms with van der Waals surface area (Å²) in [7, 11) is 0. The van der Waals surface area contributed by atoms with Gasteiger partial charge in [-0.15, -0.1) is 11.3 Å². The highest BCUT2D eigenvalue weighted by molar-refractivity contribution is 7.17. The molecule has 5 heteroatoms. The molecule has 0 bridgehead atoms. The summed E-state index contributed by atoms with van der Waals surface area (Å²) in [6, 6.07) is 1.14. The molecule has 0 aliphatic heterocycles. The van der Waals surface area contributed by atoms with Crippen LogP contribution in [0.4, 0.5) is 0 Å². The van der Waals surface area contributed by atoms with Gasteiger partial charge in [-0.25, -0.2) is 0 Å². The molecule has 4 nitrogen and oxygen atoms in total. The Kier molecular flexibility index (Phi) is 2.26. The van der Waals surface area contributed by atoms with Gasteiger partial charge in [0.05, 0.1) is 10.2 Å². The van der Waals surface area contributed by atoms with Crippen LogP contribution < -0.4 is 5.73 Å². The van der Waals surface area contributed by atoms with Crippen LogP contribution in [-0.2, 0) is 11.2 Å². The molecule has 14 heavy (non-hydrogen) atoms. The van der Waals surface area contributed by atoms with Gasteiger partial charge in [0.1, 0.15) is 6.04 Å². The highest BCUT2D eigenvalue weighted by Crippen LogP contribution is 2.24. The molecule has 0 fully saturated rings. The number of aliphatic carboxylic acids is 1. The first-order valence-corrected chi connectivity index (χ1v) is 5.08. The summed E-state index contributed by atoms with van der Waals surface area (Å²) in [5.41, 5.74) is 7.48. The molecule has 0 radical (unpaired) electrons. The van der Waals surface area contributed by atoms with E-state index < -0.39 is 12.0 Å². The first-order valence-electron chi connectivity index (χ1n) is 4.20. The Morgan fingerprint density at radius 1 is 1.71 bits per heavy atom. The predicted octanol–water partition coefficient (Wildman–Crippen LogP) is 1.18. The van der Waals surface area contributed by atoms with Crippen LogP contribution in [0.25, 0.3) is 10.2 Å². The quantitative estimate of drug-likeness (QED) is 0.711. The van der Waals surface area contributed by atoms with Gasteiger partial charge >= 0.3 is 5.97 Å². The largest absolute Gasteiger partial charge is 0.480 e. The van der Waals surface area contributed by atoms with E-state index in [2.05, 4.69) is 4.98 Å². The summed E-state index contributed by atoms with van der Waals surface area (Å²) in [6.45, 7) is 0.